The van der Waals surface area contributed by atoms with Crippen LogP contribution in [0.15, 0.2) is 9.59 Å². The van der Waals surface area contributed by atoms with Crippen LogP contribution in [0, 0.1) is 0 Å². The normalized spacial score (nSPS) is 10.9. The highest BCUT2D eigenvalue weighted by Crippen LogP contribution is 2.12. The molecule has 0 bridgehead atoms. The maximum atomic E-state index is 11.8. The van der Waals surface area contributed by atoms with Crippen LogP contribution in [0.25, 0.3) is 10.3 Å². The van der Waals surface area contributed by atoms with E-state index in [0.29, 0.717) is 19.4 Å². The molecule has 2 aromatic rings. The summed E-state index contributed by atoms with van der Waals surface area (Å²) in [5.41, 5.74) is 5.26. The van der Waals surface area contributed by atoms with Gasteiger partial charge in [-0.3, -0.25) is 23.9 Å². The quantitative estimate of drug-likeness (QED) is 0.661. The van der Waals surface area contributed by atoms with E-state index in [4.69, 9.17) is 10.8 Å². The lowest BCUT2D eigenvalue weighted by atomic mass is 10.2. The first-order valence-corrected chi connectivity index (χ1v) is 6.41. The van der Waals surface area contributed by atoms with Gasteiger partial charge in [0.05, 0.1) is 0 Å². The Hall–Kier alpha value is -2.16. The van der Waals surface area contributed by atoms with Gasteiger partial charge in [0.2, 0.25) is 5.95 Å². The van der Waals surface area contributed by atoms with Crippen LogP contribution in [0.4, 0.5) is 5.95 Å². The summed E-state index contributed by atoms with van der Waals surface area (Å²) in [6, 6.07) is 0. The maximum absolute atomic E-state index is 11.8. The Labute approximate surface area is 110 Å². The Bertz CT molecular complexity index is 729. The minimum Gasteiger partial charge on any atom is -0.481 e. The summed E-state index contributed by atoms with van der Waals surface area (Å²) in [7, 11) is 0. The molecule has 102 valence electrons. The van der Waals surface area contributed by atoms with E-state index in [2.05, 4.69) is 9.97 Å². The van der Waals surface area contributed by atoms with E-state index in [1.807, 2.05) is 0 Å². The van der Waals surface area contributed by atoms with Crippen molar-refractivity contribution in [2.75, 3.05) is 5.73 Å². The number of H-pyrrole nitrogens is 1. The largest absolute Gasteiger partial charge is 0.481 e. The van der Waals surface area contributed by atoms with Gasteiger partial charge in [-0.2, -0.15) is 4.98 Å². The highest BCUT2D eigenvalue weighted by Gasteiger charge is 2.12. The van der Waals surface area contributed by atoms with Gasteiger partial charge in [-0.1, -0.05) is 11.3 Å². The number of nitrogens with two attached hydrogens (primary N) is 1. The predicted molar refractivity (Wildman–Crippen MR) is 70.4 cm³/mol. The molecule has 0 aliphatic heterocycles. The van der Waals surface area contributed by atoms with E-state index in [0.717, 1.165) is 11.3 Å². The van der Waals surface area contributed by atoms with Crippen molar-refractivity contribution in [3.8, 4) is 0 Å². The van der Waals surface area contributed by atoms with E-state index in [-0.39, 0.29) is 27.6 Å². The van der Waals surface area contributed by atoms with Gasteiger partial charge in [0.1, 0.15) is 4.70 Å². The summed E-state index contributed by atoms with van der Waals surface area (Å²) in [5.74, 6) is -0.920. The standard InChI is InChI=1S/C10H12N4O4S/c11-9-12-7-6(8(17)13-9)19-10(18)14(7)4-2-1-3-5(15)16/h1-4H2,(H,15,16)(H3,11,12,13,17). The molecule has 4 N–H and O–H groups in total. The fraction of sp³-hybridized carbons (Fsp3) is 0.400. The number of rotatable bonds is 5. The van der Waals surface area contributed by atoms with Crippen molar-refractivity contribution < 1.29 is 9.90 Å². The average Bonchev–Trinajstić information content (AvgIpc) is 2.62. The summed E-state index contributed by atoms with van der Waals surface area (Å²) >= 11 is 0.808. The molecule has 0 amide bonds. The van der Waals surface area contributed by atoms with Crippen molar-refractivity contribution in [1.82, 2.24) is 14.5 Å². The number of nitrogen functional groups attached to an aromatic ring is 1. The smallest absolute Gasteiger partial charge is 0.309 e. The first kappa shape index (κ1) is 13.3. The minimum absolute atomic E-state index is 0.0467. The van der Waals surface area contributed by atoms with Crippen LogP contribution in [0.2, 0.25) is 0 Å². The lowest BCUT2D eigenvalue weighted by Gasteiger charge is -2.02. The number of aromatic nitrogens is 3. The molecule has 0 aliphatic carbocycles. The third kappa shape index (κ3) is 2.81. The number of aryl methyl sites for hydroxylation is 1. The number of thiazole rings is 1. The van der Waals surface area contributed by atoms with Crippen LogP contribution < -0.4 is 16.2 Å². The van der Waals surface area contributed by atoms with E-state index in [1.54, 1.807) is 0 Å². The van der Waals surface area contributed by atoms with Gasteiger partial charge in [0.15, 0.2) is 5.65 Å². The number of carboxylic acid groups (broad SMARTS) is 1. The molecule has 0 unspecified atom stereocenters. The molecular formula is C10H12N4O4S. The van der Waals surface area contributed by atoms with Crippen LogP contribution in [-0.4, -0.2) is 25.6 Å². The van der Waals surface area contributed by atoms with Gasteiger partial charge in [-0.05, 0) is 12.8 Å². The Morgan fingerprint density at radius 3 is 2.84 bits per heavy atom. The summed E-state index contributed by atoms with van der Waals surface area (Å²) in [6.07, 6.45) is 1.02. The SMILES string of the molecule is Nc1nc2c(sc(=O)n2CCCCC(=O)O)c(=O)[nH]1. The molecule has 2 rings (SSSR count). The summed E-state index contributed by atoms with van der Waals surface area (Å²) in [6.45, 7) is 0.321. The summed E-state index contributed by atoms with van der Waals surface area (Å²) in [4.78, 5) is 39.7. The van der Waals surface area contributed by atoms with Crippen LogP contribution in [0.3, 0.4) is 0 Å². The zero-order valence-corrected chi connectivity index (χ0v) is 10.7. The van der Waals surface area contributed by atoms with Crippen molar-refractivity contribution in [3.63, 3.8) is 0 Å². The number of nitrogens with zero attached hydrogens (tertiary/aromatic N) is 2. The van der Waals surface area contributed by atoms with Gasteiger partial charge in [-0.15, -0.1) is 0 Å². The van der Waals surface area contributed by atoms with Gasteiger partial charge in [-0.25, -0.2) is 0 Å². The third-order valence-corrected chi connectivity index (χ3v) is 3.53. The Balaban J connectivity index is 2.28. The molecular weight excluding hydrogens is 272 g/mol. The van der Waals surface area contributed by atoms with Gasteiger partial charge < -0.3 is 10.8 Å². The van der Waals surface area contributed by atoms with Crippen molar-refractivity contribution in [2.45, 2.75) is 25.8 Å². The lowest BCUT2D eigenvalue weighted by Crippen LogP contribution is -2.15. The molecule has 0 aliphatic rings. The molecule has 2 heterocycles. The Morgan fingerprint density at radius 2 is 2.16 bits per heavy atom. The molecule has 0 spiro atoms. The van der Waals surface area contributed by atoms with Crippen molar-refractivity contribution in [1.29, 1.82) is 0 Å². The fourth-order valence-electron chi connectivity index (χ4n) is 1.71. The molecule has 0 saturated carbocycles. The van der Waals surface area contributed by atoms with Crippen molar-refractivity contribution in [3.05, 3.63) is 20.0 Å². The molecule has 8 nitrogen and oxygen atoms in total. The number of hydrogen-bond donors (Lipinski definition) is 3. The van der Waals surface area contributed by atoms with Crippen LogP contribution in [0.5, 0.6) is 0 Å². The topological polar surface area (TPSA) is 131 Å². The zero-order chi connectivity index (χ0) is 14.0. The minimum atomic E-state index is -0.874. The summed E-state index contributed by atoms with van der Waals surface area (Å²) in [5, 5.41) is 8.53. The number of aromatic amines is 1. The number of carboxylic acids is 1. The fourth-order valence-corrected chi connectivity index (χ4v) is 2.57. The Kier molecular flexibility index (Phi) is 3.65. The predicted octanol–water partition coefficient (Wildman–Crippen LogP) is -0.0166. The monoisotopic (exact) mass is 284 g/mol. The molecule has 0 radical (unpaired) electrons. The third-order valence-electron chi connectivity index (χ3n) is 2.57. The second-order valence-corrected chi connectivity index (χ2v) is 4.94. The highest BCUT2D eigenvalue weighted by molar-refractivity contribution is 7.16. The maximum Gasteiger partial charge on any atom is 0.309 e. The second-order valence-electron chi connectivity index (χ2n) is 3.97. The van der Waals surface area contributed by atoms with Gasteiger partial charge >= 0.3 is 10.8 Å². The highest BCUT2D eigenvalue weighted by atomic mass is 32.1. The molecule has 9 heteroatoms. The molecule has 0 saturated heterocycles. The van der Waals surface area contributed by atoms with Crippen LogP contribution in [0.1, 0.15) is 19.3 Å². The number of aliphatic carboxylic acids is 1. The second kappa shape index (κ2) is 5.22. The van der Waals surface area contributed by atoms with Crippen molar-refractivity contribution >= 4 is 33.6 Å². The number of carbonyl (C=O) groups is 1. The van der Waals surface area contributed by atoms with E-state index < -0.39 is 11.5 Å². The Morgan fingerprint density at radius 1 is 1.42 bits per heavy atom. The van der Waals surface area contributed by atoms with Gasteiger partial charge in [0.25, 0.3) is 5.56 Å². The van der Waals surface area contributed by atoms with Crippen LogP contribution >= 0.6 is 11.3 Å². The van der Waals surface area contributed by atoms with E-state index in [1.165, 1.54) is 4.57 Å². The molecule has 19 heavy (non-hydrogen) atoms. The molecule has 0 aromatic carbocycles. The molecule has 2 aromatic heterocycles. The number of nitrogens with one attached hydrogen (secondary N) is 1. The number of anilines is 1. The average molecular weight is 284 g/mol. The van der Waals surface area contributed by atoms with E-state index in [9.17, 15) is 14.4 Å². The summed E-state index contributed by atoms with van der Waals surface area (Å²) < 4.78 is 1.59. The first-order chi connectivity index (χ1) is 8.99. The number of fused-ring (bicyclic) bond motifs is 1. The number of hydrogen-bond acceptors (Lipinski definition) is 6. The van der Waals surface area contributed by atoms with Crippen molar-refractivity contribution in [2.24, 2.45) is 0 Å². The molecule has 0 fully saturated rings. The zero-order valence-electron chi connectivity index (χ0n) is 9.88. The number of unbranched alkanes of at least 4 members (excludes halogenated alkanes) is 1. The first-order valence-electron chi connectivity index (χ1n) is 5.60. The lowest BCUT2D eigenvalue weighted by molar-refractivity contribution is -0.137. The van der Waals surface area contributed by atoms with Crippen LogP contribution in [-0.2, 0) is 11.3 Å². The van der Waals surface area contributed by atoms with E-state index >= 15 is 0 Å². The van der Waals surface area contributed by atoms with Gasteiger partial charge in [0, 0.05) is 13.0 Å². The molecule has 0 atom stereocenters.